The highest BCUT2D eigenvalue weighted by molar-refractivity contribution is 8.00. The van der Waals surface area contributed by atoms with Crippen LogP contribution in [-0.4, -0.2) is 23.5 Å². The quantitative estimate of drug-likeness (QED) is 0.836. The molecular formula is C13H20N2OS. The first-order chi connectivity index (χ1) is 8.16. The van der Waals surface area contributed by atoms with Crippen molar-refractivity contribution >= 4 is 17.7 Å². The Morgan fingerprint density at radius 1 is 1.29 bits per heavy atom. The van der Waals surface area contributed by atoms with Gasteiger partial charge in [-0.25, -0.2) is 0 Å². The summed E-state index contributed by atoms with van der Waals surface area (Å²) in [7, 11) is 0. The molecule has 2 fully saturated rings. The monoisotopic (exact) mass is 252 g/mol. The van der Waals surface area contributed by atoms with Gasteiger partial charge in [0, 0.05) is 11.3 Å². The molecule has 2 aliphatic carbocycles. The van der Waals surface area contributed by atoms with Crippen molar-refractivity contribution in [2.24, 2.45) is 5.41 Å². The van der Waals surface area contributed by atoms with Gasteiger partial charge < -0.3 is 5.32 Å². The van der Waals surface area contributed by atoms with Gasteiger partial charge in [0.15, 0.2) is 0 Å². The fraction of sp³-hybridized carbons (Fsp3) is 0.846. The van der Waals surface area contributed by atoms with Gasteiger partial charge in [0.1, 0.15) is 5.41 Å². The molecule has 0 bridgehead atoms. The van der Waals surface area contributed by atoms with E-state index in [1.165, 1.54) is 12.8 Å². The molecular weight excluding hydrogens is 232 g/mol. The third-order valence-corrected chi connectivity index (χ3v) is 5.59. The second kappa shape index (κ2) is 4.89. The van der Waals surface area contributed by atoms with Crippen molar-refractivity contribution in [3.63, 3.8) is 0 Å². The number of nitrogens with zero attached hydrogens (tertiary/aromatic N) is 1. The first-order valence-electron chi connectivity index (χ1n) is 6.41. The summed E-state index contributed by atoms with van der Waals surface area (Å²) in [5.41, 5.74) is -0.729. The van der Waals surface area contributed by atoms with Crippen LogP contribution in [-0.2, 0) is 4.79 Å². The van der Waals surface area contributed by atoms with Gasteiger partial charge in [-0.2, -0.15) is 17.0 Å². The predicted octanol–water partition coefficient (Wildman–Crippen LogP) is 2.47. The Bertz CT molecular complexity index is 338. The van der Waals surface area contributed by atoms with Crippen LogP contribution in [0.2, 0.25) is 0 Å². The molecule has 0 spiro atoms. The SMILES string of the molecule is CSC1(CNC(=O)C2(C#N)CCCCC2)CC1. The number of carbonyl (C=O) groups is 1. The minimum Gasteiger partial charge on any atom is -0.353 e. The lowest BCUT2D eigenvalue weighted by Crippen LogP contribution is -2.44. The molecule has 17 heavy (non-hydrogen) atoms. The van der Waals surface area contributed by atoms with E-state index in [0.717, 1.165) is 38.6 Å². The average molecular weight is 252 g/mol. The van der Waals surface area contributed by atoms with E-state index >= 15 is 0 Å². The van der Waals surface area contributed by atoms with Crippen molar-refractivity contribution in [2.45, 2.75) is 49.7 Å². The smallest absolute Gasteiger partial charge is 0.240 e. The molecule has 3 nitrogen and oxygen atoms in total. The van der Waals surface area contributed by atoms with Crippen molar-refractivity contribution in [1.82, 2.24) is 5.32 Å². The summed E-state index contributed by atoms with van der Waals surface area (Å²) in [6.07, 6.45) is 9.12. The summed E-state index contributed by atoms with van der Waals surface area (Å²) in [6.45, 7) is 0.733. The highest BCUT2D eigenvalue weighted by atomic mass is 32.2. The standard InChI is InChI=1S/C13H20N2OS/c1-17-13(7-8-13)10-15-11(16)12(9-14)5-3-2-4-6-12/h2-8,10H2,1H3,(H,15,16). The number of thioether (sulfide) groups is 1. The summed E-state index contributed by atoms with van der Waals surface area (Å²) in [4.78, 5) is 12.2. The van der Waals surface area contributed by atoms with E-state index < -0.39 is 5.41 Å². The van der Waals surface area contributed by atoms with Gasteiger partial charge in [-0.1, -0.05) is 19.3 Å². The van der Waals surface area contributed by atoms with Crippen LogP contribution >= 0.6 is 11.8 Å². The van der Waals surface area contributed by atoms with Gasteiger partial charge in [0.2, 0.25) is 5.91 Å². The van der Waals surface area contributed by atoms with Gasteiger partial charge >= 0.3 is 0 Å². The summed E-state index contributed by atoms with van der Waals surface area (Å²) in [5.74, 6) is -0.0278. The molecule has 1 amide bonds. The second-order valence-electron chi connectivity index (χ2n) is 5.32. The Kier molecular flexibility index (Phi) is 3.67. The molecule has 0 atom stereocenters. The van der Waals surface area contributed by atoms with Crippen molar-refractivity contribution in [1.29, 1.82) is 5.26 Å². The maximum atomic E-state index is 12.2. The van der Waals surface area contributed by atoms with Crippen molar-refractivity contribution in [3.8, 4) is 6.07 Å². The molecule has 0 aliphatic heterocycles. The van der Waals surface area contributed by atoms with Gasteiger partial charge in [-0.3, -0.25) is 4.79 Å². The lowest BCUT2D eigenvalue weighted by molar-refractivity contribution is -0.129. The molecule has 0 saturated heterocycles. The Morgan fingerprint density at radius 3 is 2.41 bits per heavy atom. The van der Waals surface area contributed by atoms with Gasteiger partial charge in [0.05, 0.1) is 6.07 Å². The van der Waals surface area contributed by atoms with E-state index in [4.69, 9.17) is 0 Å². The Morgan fingerprint density at radius 2 is 1.94 bits per heavy atom. The van der Waals surface area contributed by atoms with Crippen molar-refractivity contribution in [2.75, 3.05) is 12.8 Å². The molecule has 0 heterocycles. The van der Waals surface area contributed by atoms with Crippen LogP contribution in [0.4, 0.5) is 0 Å². The second-order valence-corrected chi connectivity index (χ2v) is 6.60. The van der Waals surface area contributed by atoms with E-state index in [-0.39, 0.29) is 10.7 Å². The summed E-state index contributed by atoms with van der Waals surface area (Å²) < 4.78 is 0.279. The maximum Gasteiger partial charge on any atom is 0.240 e. The van der Waals surface area contributed by atoms with Crippen molar-refractivity contribution < 1.29 is 4.79 Å². The first kappa shape index (κ1) is 12.8. The normalized spacial score (nSPS) is 24.7. The average Bonchev–Trinajstić information content (AvgIpc) is 3.17. The number of carbonyl (C=O) groups excluding carboxylic acids is 1. The van der Waals surface area contributed by atoms with E-state index in [2.05, 4.69) is 17.6 Å². The fourth-order valence-electron chi connectivity index (χ4n) is 2.55. The minimum absolute atomic E-state index is 0.0278. The van der Waals surface area contributed by atoms with Gasteiger partial charge in [0.25, 0.3) is 0 Å². The van der Waals surface area contributed by atoms with Crippen LogP contribution in [0.3, 0.4) is 0 Å². The van der Waals surface area contributed by atoms with E-state index in [1.807, 2.05) is 11.8 Å². The third kappa shape index (κ3) is 2.60. The fourth-order valence-corrected chi connectivity index (χ4v) is 3.27. The number of nitrogens with one attached hydrogen (secondary N) is 1. The maximum absolute atomic E-state index is 12.2. The number of hydrogen-bond donors (Lipinski definition) is 1. The third-order valence-electron chi connectivity index (χ3n) is 4.17. The van der Waals surface area contributed by atoms with Crippen LogP contribution in [0.15, 0.2) is 0 Å². The minimum atomic E-state index is -0.729. The highest BCUT2D eigenvalue weighted by Gasteiger charge is 2.45. The lowest BCUT2D eigenvalue weighted by Gasteiger charge is -2.29. The summed E-state index contributed by atoms with van der Waals surface area (Å²) in [5, 5.41) is 12.3. The van der Waals surface area contributed by atoms with Crippen molar-refractivity contribution in [3.05, 3.63) is 0 Å². The van der Waals surface area contributed by atoms with E-state index in [9.17, 15) is 10.1 Å². The topological polar surface area (TPSA) is 52.9 Å². The van der Waals surface area contributed by atoms with Crippen LogP contribution in [0.5, 0.6) is 0 Å². The Labute approximate surface area is 107 Å². The largest absolute Gasteiger partial charge is 0.353 e. The molecule has 0 aromatic rings. The summed E-state index contributed by atoms with van der Waals surface area (Å²) in [6, 6.07) is 2.27. The molecule has 0 aromatic carbocycles. The zero-order chi connectivity index (χ0) is 12.4. The molecule has 2 aliphatic rings. The lowest BCUT2D eigenvalue weighted by atomic mass is 9.74. The molecule has 0 aromatic heterocycles. The zero-order valence-electron chi connectivity index (χ0n) is 10.4. The van der Waals surface area contributed by atoms with Crippen LogP contribution in [0.25, 0.3) is 0 Å². The number of amides is 1. The Hall–Kier alpha value is -0.690. The molecule has 4 heteroatoms. The number of rotatable bonds is 4. The number of hydrogen-bond acceptors (Lipinski definition) is 3. The molecule has 2 rings (SSSR count). The summed E-state index contributed by atoms with van der Waals surface area (Å²) >= 11 is 1.84. The molecule has 94 valence electrons. The number of nitriles is 1. The predicted molar refractivity (Wildman–Crippen MR) is 69.6 cm³/mol. The molecule has 0 radical (unpaired) electrons. The van der Waals surface area contributed by atoms with Gasteiger partial charge in [-0.05, 0) is 31.9 Å². The van der Waals surface area contributed by atoms with E-state index in [0.29, 0.717) is 0 Å². The highest BCUT2D eigenvalue weighted by Crippen LogP contribution is 2.46. The molecule has 1 N–H and O–H groups in total. The molecule has 0 unspecified atom stereocenters. The van der Waals surface area contributed by atoms with E-state index in [1.54, 1.807) is 0 Å². The van der Waals surface area contributed by atoms with Crippen LogP contribution in [0.1, 0.15) is 44.9 Å². The van der Waals surface area contributed by atoms with Gasteiger partial charge in [-0.15, -0.1) is 0 Å². The van der Waals surface area contributed by atoms with Crippen LogP contribution in [0, 0.1) is 16.7 Å². The molecule has 2 saturated carbocycles. The zero-order valence-corrected chi connectivity index (χ0v) is 11.2. The van der Waals surface area contributed by atoms with Crippen LogP contribution < -0.4 is 5.32 Å². The first-order valence-corrected chi connectivity index (χ1v) is 7.64. The Balaban J connectivity index is 1.91.